The molecule has 30 heavy (non-hydrogen) atoms. The highest BCUT2D eigenvalue weighted by molar-refractivity contribution is 6.09. The number of aryl methyl sites for hydroxylation is 1. The summed E-state index contributed by atoms with van der Waals surface area (Å²) in [6, 6.07) is 24.9. The van der Waals surface area contributed by atoms with Gasteiger partial charge in [-0.25, -0.2) is 9.97 Å². The molecule has 5 nitrogen and oxygen atoms in total. The van der Waals surface area contributed by atoms with Gasteiger partial charge in [-0.05, 0) is 56.3 Å². The van der Waals surface area contributed by atoms with Crippen molar-refractivity contribution in [2.45, 2.75) is 20.0 Å². The maximum absolute atomic E-state index is 6.29. The molecule has 1 aliphatic rings. The molecule has 146 valence electrons. The van der Waals surface area contributed by atoms with Crippen LogP contribution in [-0.4, -0.2) is 16.1 Å². The molecule has 0 fully saturated rings. The Hall–Kier alpha value is -3.86. The Labute approximate surface area is 174 Å². The second-order valence-electron chi connectivity index (χ2n) is 7.61. The van der Waals surface area contributed by atoms with Crippen LogP contribution in [0.15, 0.2) is 83.4 Å². The van der Waals surface area contributed by atoms with Crippen molar-refractivity contribution in [2.75, 3.05) is 9.80 Å². The smallest absolute Gasteiger partial charge is 0.227 e. The van der Waals surface area contributed by atoms with Crippen LogP contribution in [-0.2, 0) is 0 Å². The molecule has 0 N–H and O–H groups in total. The van der Waals surface area contributed by atoms with Crippen LogP contribution in [0, 0.1) is 6.92 Å². The van der Waals surface area contributed by atoms with E-state index >= 15 is 0 Å². The van der Waals surface area contributed by atoms with Gasteiger partial charge in [0.1, 0.15) is 6.17 Å². The van der Waals surface area contributed by atoms with E-state index < -0.39 is 0 Å². The Morgan fingerprint density at radius 2 is 1.63 bits per heavy atom. The number of nitrogens with zero attached hydrogens (tertiary/aromatic N) is 4. The van der Waals surface area contributed by atoms with E-state index in [0.717, 1.165) is 44.9 Å². The Bertz CT molecular complexity index is 1390. The van der Waals surface area contributed by atoms with Gasteiger partial charge in [0.15, 0.2) is 11.4 Å². The lowest BCUT2D eigenvalue weighted by Gasteiger charge is -2.29. The average Bonchev–Trinajstić information content (AvgIpc) is 3.28. The first-order chi connectivity index (χ1) is 14.7. The van der Waals surface area contributed by atoms with Crippen molar-refractivity contribution in [1.29, 1.82) is 0 Å². The number of hydrogen-bond acceptors (Lipinski definition) is 5. The van der Waals surface area contributed by atoms with E-state index in [2.05, 4.69) is 76.3 Å². The van der Waals surface area contributed by atoms with Crippen molar-refractivity contribution >= 4 is 44.9 Å². The van der Waals surface area contributed by atoms with Gasteiger partial charge in [-0.15, -0.1) is 0 Å². The lowest BCUT2D eigenvalue weighted by Crippen LogP contribution is -2.35. The fraction of sp³-hybridized carbons (Fsp3) is 0.120. The molecule has 0 aliphatic carbocycles. The van der Waals surface area contributed by atoms with E-state index in [1.807, 2.05) is 31.3 Å². The van der Waals surface area contributed by atoms with Crippen molar-refractivity contribution in [1.82, 2.24) is 9.97 Å². The predicted molar refractivity (Wildman–Crippen MR) is 121 cm³/mol. The first kappa shape index (κ1) is 17.0. The number of pyridine rings is 2. The minimum Gasteiger partial charge on any atom is -0.435 e. The fourth-order valence-corrected chi connectivity index (χ4v) is 4.46. The third-order valence-electron chi connectivity index (χ3n) is 5.78. The maximum Gasteiger partial charge on any atom is 0.227 e. The van der Waals surface area contributed by atoms with Crippen molar-refractivity contribution in [3.8, 4) is 0 Å². The van der Waals surface area contributed by atoms with E-state index in [1.54, 1.807) is 0 Å². The van der Waals surface area contributed by atoms with Gasteiger partial charge in [-0.2, -0.15) is 0 Å². The van der Waals surface area contributed by atoms with Crippen LogP contribution in [0.3, 0.4) is 0 Å². The highest BCUT2D eigenvalue weighted by Crippen LogP contribution is 2.48. The second-order valence-corrected chi connectivity index (χ2v) is 7.61. The molecule has 0 amide bonds. The van der Waals surface area contributed by atoms with E-state index in [4.69, 9.17) is 9.40 Å². The van der Waals surface area contributed by atoms with Crippen molar-refractivity contribution in [3.05, 3.63) is 84.7 Å². The van der Waals surface area contributed by atoms with Gasteiger partial charge in [0.05, 0.1) is 11.4 Å². The van der Waals surface area contributed by atoms with Gasteiger partial charge in [-0.3, -0.25) is 0 Å². The fourth-order valence-electron chi connectivity index (χ4n) is 4.46. The van der Waals surface area contributed by atoms with Gasteiger partial charge < -0.3 is 14.2 Å². The molecule has 3 aromatic heterocycles. The normalized spacial score (nSPS) is 15.9. The van der Waals surface area contributed by atoms with Crippen LogP contribution in [0.1, 0.15) is 12.6 Å². The molecule has 6 rings (SSSR count). The zero-order valence-corrected chi connectivity index (χ0v) is 16.8. The first-order valence-electron chi connectivity index (χ1n) is 10.1. The number of benzene rings is 2. The number of aromatic nitrogens is 2. The maximum atomic E-state index is 6.29. The summed E-state index contributed by atoms with van der Waals surface area (Å²) in [5.74, 6) is 0.943. The third kappa shape index (κ3) is 2.35. The lowest BCUT2D eigenvalue weighted by molar-refractivity contribution is 0.648. The average molecular weight is 392 g/mol. The van der Waals surface area contributed by atoms with Crippen LogP contribution in [0.5, 0.6) is 0 Å². The highest BCUT2D eigenvalue weighted by Gasteiger charge is 2.37. The molecule has 5 aromatic rings. The minimum absolute atomic E-state index is 0.0332. The second kappa shape index (κ2) is 6.32. The van der Waals surface area contributed by atoms with Crippen LogP contribution in [0.25, 0.3) is 22.1 Å². The summed E-state index contributed by atoms with van der Waals surface area (Å²) in [6.45, 7) is 4.17. The molecule has 2 aromatic carbocycles. The SMILES string of the molecule is Cc1ccc2c(n1)oc1c(N3c4cccnc4N(c4ccccc4)C3C)cccc12. The standard InChI is InChI=1S/C25H20N4O/c1-16-13-14-20-19-10-6-11-21(23(19)30-25(20)27-16)29-17(2)28(18-8-4-3-5-9-18)24-22(29)12-7-15-26-24/h3-15,17H,1-2H3. The van der Waals surface area contributed by atoms with Gasteiger partial charge >= 0.3 is 0 Å². The van der Waals surface area contributed by atoms with Crippen LogP contribution in [0.4, 0.5) is 22.9 Å². The molecule has 4 heterocycles. The summed E-state index contributed by atoms with van der Waals surface area (Å²) in [5.41, 5.74) is 5.66. The first-order valence-corrected chi connectivity index (χ1v) is 10.1. The third-order valence-corrected chi connectivity index (χ3v) is 5.78. The molecular weight excluding hydrogens is 372 g/mol. The number of fused-ring (bicyclic) bond motifs is 4. The van der Waals surface area contributed by atoms with Crippen molar-refractivity contribution in [3.63, 3.8) is 0 Å². The van der Waals surface area contributed by atoms with E-state index in [-0.39, 0.29) is 6.17 Å². The summed E-state index contributed by atoms with van der Waals surface area (Å²) in [6.07, 6.45) is 1.88. The zero-order valence-electron chi connectivity index (χ0n) is 16.8. The molecule has 1 unspecified atom stereocenters. The predicted octanol–water partition coefficient (Wildman–Crippen LogP) is 6.32. The number of para-hydroxylation sites is 2. The van der Waals surface area contributed by atoms with Gasteiger partial charge in [-0.1, -0.05) is 30.3 Å². The summed E-state index contributed by atoms with van der Waals surface area (Å²) < 4.78 is 6.29. The van der Waals surface area contributed by atoms with Gasteiger partial charge in [0.25, 0.3) is 0 Å². The quantitative estimate of drug-likeness (QED) is 0.352. The summed E-state index contributed by atoms with van der Waals surface area (Å²) in [5, 5.41) is 2.11. The number of furan rings is 1. The van der Waals surface area contributed by atoms with Crippen LogP contribution >= 0.6 is 0 Å². The minimum atomic E-state index is 0.0332. The van der Waals surface area contributed by atoms with Crippen molar-refractivity contribution in [2.24, 2.45) is 0 Å². The molecule has 0 spiro atoms. The largest absolute Gasteiger partial charge is 0.435 e. The van der Waals surface area contributed by atoms with E-state index in [9.17, 15) is 0 Å². The molecular formula is C25H20N4O. The summed E-state index contributed by atoms with van der Waals surface area (Å²) in [7, 11) is 0. The van der Waals surface area contributed by atoms with Crippen LogP contribution in [0.2, 0.25) is 0 Å². The van der Waals surface area contributed by atoms with E-state index in [1.165, 1.54) is 0 Å². The Morgan fingerprint density at radius 3 is 2.50 bits per heavy atom. The summed E-state index contributed by atoms with van der Waals surface area (Å²) in [4.78, 5) is 13.9. The lowest BCUT2D eigenvalue weighted by atomic mass is 10.1. The molecule has 0 radical (unpaired) electrons. The monoisotopic (exact) mass is 392 g/mol. The van der Waals surface area contributed by atoms with Crippen LogP contribution < -0.4 is 9.80 Å². The van der Waals surface area contributed by atoms with Gasteiger partial charge in [0.2, 0.25) is 5.71 Å². The van der Waals surface area contributed by atoms with Gasteiger partial charge in [0, 0.05) is 28.4 Å². The number of rotatable bonds is 2. The number of anilines is 4. The molecule has 1 aliphatic heterocycles. The molecule has 0 bridgehead atoms. The number of hydrogen-bond donors (Lipinski definition) is 0. The Morgan fingerprint density at radius 1 is 0.800 bits per heavy atom. The molecule has 5 heteroatoms. The molecule has 0 saturated heterocycles. The highest BCUT2D eigenvalue weighted by atomic mass is 16.3. The molecule has 0 saturated carbocycles. The Balaban J connectivity index is 1.59. The van der Waals surface area contributed by atoms with Crippen molar-refractivity contribution < 1.29 is 4.42 Å². The Kier molecular flexibility index (Phi) is 3.59. The summed E-state index contributed by atoms with van der Waals surface area (Å²) >= 11 is 0. The topological polar surface area (TPSA) is 45.4 Å². The van der Waals surface area contributed by atoms with E-state index in [0.29, 0.717) is 5.71 Å². The molecule has 1 atom stereocenters. The zero-order chi connectivity index (χ0) is 20.2.